The van der Waals surface area contributed by atoms with Gasteiger partial charge < -0.3 is 10.4 Å². The Labute approximate surface area is 119 Å². The van der Waals surface area contributed by atoms with E-state index < -0.39 is 5.97 Å². The van der Waals surface area contributed by atoms with Crippen LogP contribution in [0.15, 0.2) is 22.7 Å². The van der Waals surface area contributed by atoms with Gasteiger partial charge in [0, 0.05) is 13.0 Å². The van der Waals surface area contributed by atoms with Crippen LogP contribution in [-0.2, 0) is 16.0 Å². The smallest absolute Gasteiger partial charge is 0.303 e. The van der Waals surface area contributed by atoms with E-state index in [0.717, 1.165) is 0 Å². The molecule has 1 aromatic rings. The maximum Gasteiger partial charge on any atom is 0.303 e. The molecule has 6 heteroatoms. The van der Waals surface area contributed by atoms with Crippen molar-refractivity contribution in [2.45, 2.75) is 19.8 Å². The highest BCUT2D eigenvalue weighted by Crippen LogP contribution is 2.17. The van der Waals surface area contributed by atoms with Gasteiger partial charge in [0.25, 0.3) is 0 Å². The minimum atomic E-state index is -0.885. The van der Waals surface area contributed by atoms with E-state index in [4.69, 9.17) is 5.11 Å². The van der Waals surface area contributed by atoms with Crippen LogP contribution in [0.3, 0.4) is 0 Å². The maximum atomic E-state index is 13.0. The zero-order valence-corrected chi connectivity index (χ0v) is 12.0. The molecule has 1 amide bonds. The molecule has 19 heavy (non-hydrogen) atoms. The number of hydrogen-bond acceptors (Lipinski definition) is 2. The van der Waals surface area contributed by atoms with Gasteiger partial charge >= 0.3 is 5.97 Å². The molecule has 0 heterocycles. The van der Waals surface area contributed by atoms with Gasteiger partial charge in [-0.3, -0.25) is 9.59 Å². The van der Waals surface area contributed by atoms with Crippen LogP contribution in [0.1, 0.15) is 18.9 Å². The zero-order chi connectivity index (χ0) is 14.4. The lowest BCUT2D eigenvalue weighted by Gasteiger charge is -2.10. The first-order chi connectivity index (χ1) is 8.88. The van der Waals surface area contributed by atoms with Crippen LogP contribution in [0.5, 0.6) is 0 Å². The van der Waals surface area contributed by atoms with Crippen molar-refractivity contribution >= 4 is 27.8 Å². The Morgan fingerprint density at radius 2 is 2.16 bits per heavy atom. The Balaban J connectivity index is 2.42. The number of benzene rings is 1. The molecule has 1 atom stereocenters. The maximum absolute atomic E-state index is 13.0. The van der Waals surface area contributed by atoms with Crippen LogP contribution < -0.4 is 5.32 Å². The summed E-state index contributed by atoms with van der Waals surface area (Å²) >= 11 is 3.05. The van der Waals surface area contributed by atoms with Crippen molar-refractivity contribution in [3.8, 4) is 0 Å². The summed E-state index contributed by atoms with van der Waals surface area (Å²) in [7, 11) is 0. The minimum absolute atomic E-state index is 0.0162. The first-order valence-electron chi connectivity index (χ1n) is 5.81. The molecule has 0 aromatic heterocycles. The molecule has 4 nitrogen and oxygen atoms in total. The number of rotatable bonds is 6. The van der Waals surface area contributed by atoms with E-state index in [0.29, 0.717) is 16.6 Å². The number of carbonyl (C=O) groups excluding carboxylic acids is 1. The molecule has 0 radical (unpaired) electrons. The SMILES string of the molecule is CC(CNC(=O)Cc1ccc(F)c(Br)c1)CC(=O)O. The topological polar surface area (TPSA) is 66.4 Å². The highest BCUT2D eigenvalue weighted by Gasteiger charge is 2.10. The van der Waals surface area contributed by atoms with Crippen LogP contribution in [0, 0.1) is 11.7 Å². The molecule has 1 aromatic carbocycles. The Hall–Kier alpha value is -1.43. The van der Waals surface area contributed by atoms with Crippen LogP contribution in [-0.4, -0.2) is 23.5 Å². The number of carboxylic acids is 1. The third-order valence-corrected chi connectivity index (χ3v) is 3.13. The average molecular weight is 332 g/mol. The summed E-state index contributed by atoms with van der Waals surface area (Å²) in [5.41, 5.74) is 0.691. The minimum Gasteiger partial charge on any atom is -0.481 e. The van der Waals surface area contributed by atoms with Gasteiger partial charge in [-0.1, -0.05) is 13.0 Å². The lowest BCUT2D eigenvalue weighted by Crippen LogP contribution is -2.30. The van der Waals surface area contributed by atoms with Crippen molar-refractivity contribution in [2.24, 2.45) is 5.92 Å². The largest absolute Gasteiger partial charge is 0.481 e. The summed E-state index contributed by atoms with van der Waals surface area (Å²) in [6.07, 6.45) is 0.154. The van der Waals surface area contributed by atoms with Crippen molar-refractivity contribution in [3.05, 3.63) is 34.1 Å². The molecule has 1 unspecified atom stereocenters. The fraction of sp³-hybridized carbons (Fsp3) is 0.385. The van der Waals surface area contributed by atoms with E-state index in [1.54, 1.807) is 19.1 Å². The van der Waals surface area contributed by atoms with Gasteiger partial charge in [-0.15, -0.1) is 0 Å². The predicted molar refractivity (Wildman–Crippen MR) is 72.2 cm³/mol. The Morgan fingerprint density at radius 1 is 1.47 bits per heavy atom. The first kappa shape index (κ1) is 15.6. The molecule has 0 aliphatic carbocycles. The molecule has 0 bridgehead atoms. The van der Waals surface area contributed by atoms with Crippen LogP contribution >= 0.6 is 15.9 Å². The van der Waals surface area contributed by atoms with Gasteiger partial charge in [-0.2, -0.15) is 0 Å². The summed E-state index contributed by atoms with van der Waals surface area (Å²) in [6, 6.07) is 4.38. The van der Waals surface area contributed by atoms with Crippen molar-refractivity contribution in [1.29, 1.82) is 0 Å². The second-order valence-corrected chi connectivity index (χ2v) is 5.29. The molecule has 0 saturated heterocycles. The monoisotopic (exact) mass is 331 g/mol. The highest BCUT2D eigenvalue weighted by atomic mass is 79.9. The molecule has 0 fully saturated rings. The van der Waals surface area contributed by atoms with E-state index in [-0.39, 0.29) is 30.5 Å². The predicted octanol–water partition coefficient (Wildman–Crippen LogP) is 2.36. The molecule has 0 spiro atoms. The Bertz CT molecular complexity index is 479. The Kier molecular flexibility index (Phi) is 5.95. The number of amides is 1. The number of aliphatic carboxylic acids is 1. The standard InChI is InChI=1S/C13H15BrFNO3/c1-8(4-13(18)19)7-16-12(17)6-9-2-3-11(15)10(14)5-9/h2-3,5,8H,4,6-7H2,1H3,(H,16,17)(H,18,19). The Morgan fingerprint density at radius 3 is 2.74 bits per heavy atom. The highest BCUT2D eigenvalue weighted by molar-refractivity contribution is 9.10. The van der Waals surface area contributed by atoms with Gasteiger partial charge in [0.05, 0.1) is 10.9 Å². The fourth-order valence-corrected chi connectivity index (χ4v) is 1.98. The summed E-state index contributed by atoms with van der Waals surface area (Å²) in [4.78, 5) is 22.1. The van der Waals surface area contributed by atoms with Crippen LogP contribution in [0.25, 0.3) is 0 Å². The van der Waals surface area contributed by atoms with E-state index in [1.165, 1.54) is 6.07 Å². The summed E-state index contributed by atoms with van der Waals surface area (Å²) in [5.74, 6) is -1.60. The summed E-state index contributed by atoms with van der Waals surface area (Å²) in [5, 5.41) is 11.2. The summed E-state index contributed by atoms with van der Waals surface area (Å²) < 4.78 is 13.3. The van der Waals surface area contributed by atoms with E-state index in [2.05, 4.69) is 21.2 Å². The van der Waals surface area contributed by atoms with Gasteiger partial charge in [0.1, 0.15) is 5.82 Å². The number of halogens is 2. The lowest BCUT2D eigenvalue weighted by atomic mass is 10.1. The molecule has 0 saturated carbocycles. The average Bonchev–Trinajstić information content (AvgIpc) is 2.30. The van der Waals surface area contributed by atoms with E-state index >= 15 is 0 Å². The van der Waals surface area contributed by atoms with E-state index in [9.17, 15) is 14.0 Å². The van der Waals surface area contributed by atoms with Crippen molar-refractivity contribution in [1.82, 2.24) is 5.32 Å². The summed E-state index contributed by atoms with van der Waals surface area (Å²) in [6.45, 7) is 2.07. The van der Waals surface area contributed by atoms with Crippen molar-refractivity contribution < 1.29 is 19.1 Å². The van der Waals surface area contributed by atoms with Gasteiger partial charge in [0.2, 0.25) is 5.91 Å². The van der Waals surface area contributed by atoms with E-state index in [1.807, 2.05) is 0 Å². The van der Waals surface area contributed by atoms with Crippen molar-refractivity contribution in [2.75, 3.05) is 6.54 Å². The third kappa shape index (κ3) is 5.83. The lowest BCUT2D eigenvalue weighted by molar-refractivity contribution is -0.138. The van der Waals surface area contributed by atoms with Crippen LogP contribution in [0.2, 0.25) is 0 Å². The molecule has 0 aliphatic heterocycles. The number of carbonyl (C=O) groups is 2. The van der Waals surface area contributed by atoms with Gasteiger partial charge in [-0.05, 0) is 39.5 Å². The number of carboxylic acid groups (broad SMARTS) is 1. The molecule has 0 aliphatic rings. The number of nitrogens with one attached hydrogen (secondary N) is 1. The molecular formula is C13H15BrFNO3. The van der Waals surface area contributed by atoms with Gasteiger partial charge in [-0.25, -0.2) is 4.39 Å². The van der Waals surface area contributed by atoms with Crippen molar-refractivity contribution in [3.63, 3.8) is 0 Å². The first-order valence-corrected chi connectivity index (χ1v) is 6.60. The number of hydrogen-bond donors (Lipinski definition) is 2. The molecular weight excluding hydrogens is 317 g/mol. The molecule has 104 valence electrons. The third-order valence-electron chi connectivity index (χ3n) is 2.52. The second kappa shape index (κ2) is 7.23. The van der Waals surface area contributed by atoms with Gasteiger partial charge in [0.15, 0.2) is 0 Å². The normalized spacial score (nSPS) is 11.9. The molecule has 1 rings (SSSR count). The van der Waals surface area contributed by atoms with Crippen LogP contribution in [0.4, 0.5) is 4.39 Å². The quantitative estimate of drug-likeness (QED) is 0.840. The second-order valence-electron chi connectivity index (χ2n) is 4.43. The zero-order valence-electron chi connectivity index (χ0n) is 10.5. The fourth-order valence-electron chi connectivity index (χ4n) is 1.56. The molecule has 2 N–H and O–H groups in total.